The molecule has 5 heteroatoms. The highest BCUT2D eigenvalue weighted by molar-refractivity contribution is 5.76. The van der Waals surface area contributed by atoms with Crippen LogP contribution in [0.3, 0.4) is 0 Å². The van der Waals surface area contributed by atoms with E-state index in [2.05, 4.69) is 17.0 Å². The minimum Gasteiger partial charge on any atom is -0.497 e. The maximum atomic E-state index is 11.2. The third kappa shape index (κ3) is 3.29. The second-order valence-corrected chi connectivity index (χ2v) is 5.24. The summed E-state index contributed by atoms with van der Waals surface area (Å²) in [5.74, 6) is 0.677. The summed E-state index contributed by atoms with van der Waals surface area (Å²) in [6, 6.07) is 8.20. The van der Waals surface area contributed by atoms with E-state index in [4.69, 9.17) is 16.2 Å². The molecule has 0 spiro atoms. The molecule has 0 aliphatic carbocycles. The third-order valence-corrected chi connectivity index (χ3v) is 4.10. The predicted molar refractivity (Wildman–Crippen MR) is 78.3 cm³/mol. The summed E-state index contributed by atoms with van der Waals surface area (Å²) in [6.45, 7) is 2.29. The molecule has 110 valence electrons. The van der Waals surface area contributed by atoms with Gasteiger partial charge in [0, 0.05) is 18.5 Å². The monoisotopic (exact) mass is 277 g/mol. The molecule has 1 heterocycles. The van der Waals surface area contributed by atoms with Gasteiger partial charge in [0.25, 0.3) is 0 Å². The van der Waals surface area contributed by atoms with Gasteiger partial charge in [-0.3, -0.25) is 9.69 Å². The largest absolute Gasteiger partial charge is 0.497 e. The SMILES string of the molecule is COc1ccc(C(CN)N2CCC(C(N)=O)CC2)cc1. The third-order valence-electron chi connectivity index (χ3n) is 4.10. The van der Waals surface area contributed by atoms with Gasteiger partial charge in [-0.1, -0.05) is 12.1 Å². The molecule has 2 rings (SSSR count). The van der Waals surface area contributed by atoms with E-state index in [1.165, 1.54) is 5.56 Å². The van der Waals surface area contributed by atoms with Crippen molar-refractivity contribution in [3.05, 3.63) is 29.8 Å². The number of ether oxygens (including phenoxy) is 1. The van der Waals surface area contributed by atoms with Crippen LogP contribution in [0.5, 0.6) is 5.75 Å². The lowest BCUT2D eigenvalue weighted by Crippen LogP contribution is -2.42. The van der Waals surface area contributed by atoms with Crippen LogP contribution in [-0.4, -0.2) is 37.6 Å². The number of primary amides is 1. The van der Waals surface area contributed by atoms with Crippen molar-refractivity contribution >= 4 is 5.91 Å². The van der Waals surface area contributed by atoms with Crippen molar-refractivity contribution in [3.63, 3.8) is 0 Å². The van der Waals surface area contributed by atoms with E-state index >= 15 is 0 Å². The molecule has 0 aromatic heterocycles. The molecule has 5 nitrogen and oxygen atoms in total. The van der Waals surface area contributed by atoms with E-state index in [-0.39, 0.29) is 17.9 Å². The first kappa shape index (κ1) is 14.8. The topological polar surface area (TPSA) is 81.6 Å². The Morgan fingerprint density at radius 1 is 1.35 bits per heavy atom. The number of carbonyl (C=O) groups is 1. The van der Waals surface area contributed by atoms with Gasteiger partial charge in [-0.15, -0.1) is 0 Å². The number of likely N-dealkylation sites (tertiary alicyclic amines) is 1. The molecule has 0 saturated carbocycles. The molecule has 4 N–H and O–H groups in total. The summed E-state index contributed by atoms with van der Waals surface area (Å²) in [6.07, 6.45) is 1.64. The fourth-order valence-corrected chi connectivity index (χ4v) is 2.82. The molecule has 1 aliphatic rings. The smallest absolute Gasteiger partial charge is 0.220 e. The number of nitrogens with two attached hydrogens (primary N) is 2. The first-order valence-electron chi connectivity index (χ1n) is 7.03. The zero-order valence-electron chi connectivity index (χ0n) is 11.9. The Kier molecular flexibility index (Phi) is 4.98. The zero-order valence-corrected chi connectivity index (χ0v) is 11.9. The highest BCUT2D eigenvalue weighted by atomic mass is 16.5. The minimum atomic E-state index is -0.182. The van der Waals surface area contributed by atoms with Gasteiger partial charge in [0.1, 0.15) is 5.75 Å². The highest BCUT2D eigenvalue weighted by Gasteiger charge is 2.27. The van der Waals surface area contributed by atoms with E-state index in [1.54, 1.807) is 7.11 Å². The van der Waals surface area contributed by atoms with Gasteiger partial charge in [0.2, 0.25) is 5.91 Å². The number of hydrogen-bond donors (Lipinski definition) is 2. The van der Waals surface area contributed by atoms with Crippen molar-refractivity contribution in [2.45, 2.75) is 18.9 Å². The Labute approximate surface area is 119 Å². The second-order valence-electron chi connectivity index (χ2n) is 5.24. The summed E-state index contributed by atoms with van der Waals surface area (Å²) in [4.78, 5) is 13.5. The predicted octanol–water partition coefficient (Wildman–Crippen LogP) is 0.892. The van der Waals surface area contributed by atoms with Crippen molar-refractivity contribution in [2.75, 3.05) is 26.7 Å². The van der Waals surface area contributed by atoms with Crippen LogP contribution in [0.2, 0.25) is 0 Å². The average molecular weight is 277 g/mol. The molecule has 1 atom stereocenters. The van der Waals surface area contributed by atoms with E-state index in [1.807, 2.05) is 12.1 Å². The second kappa shape index (κ2) is 6.72. The Bertz CT molecular complexity index is 439. The van der Waals surface area contributed by atoms with Crippen LogP contribution >= 0.6 is 0 Å². The number of benzene rings is 1. The van der Waals surface area contributed by atoms with Gasteiger partial charge in [0.05, 0.1) is 7.11 Å². The minimum absolute atomic E-state index is 0.0144. The maximum Gasteiger partial charge on any atom is 0.220 e. The van der Waals surface area contributed by atoms with Gasteiger partial charge < -0.3 is 16.2 Å². The van der Waals surface area contributed by atoms with Crippen LogP contribution in [0.15, 0.2) is 24.3 Å². The van der Waals surface area contributed by atoms with Gasteiger partial charge >= 0.3 is 0 Å². The van der Waals surface area contributed by atoms with Crippen LogP contribution in [0.4, 0.5) is 0 Å². The molecule has 1 aromatic rings. The molecule has 1 saturated heterocycles. The quantitative estimate of drug-likeness (QED) is 0.837. The van der Waals surface area contributed by atoms with Gasteiger partial charge in [0.15, 0.2) is 0 Å². The summed E-state index contributed by atoms with van der Waals surface area (Å²) in [5, 5.41) is 0. The normalized spacial score (nSPS) is 18.7. The van der Waals surface area contributed by atoms with Crippen LogP contribution in [0, 0.1) is 5.92 Å². The van der Waals surface area contributed by atoms with Crippen molar-refractivity contribution in [1.29, 1.82) is 0 Å². The molecular formula is C15H23N3O2. The standard InChI is InChI=1S/C15H23N3O2/c1-20-13-4-2-11(3-5-13)14(10-16)18-8-6-12(7-9-18)15(17)19/h2-5,12,14H,6-10,16H2,1H3,(H2,17,19). The summed E-state index contributed by atoms with van der Waals surface area (Å²) < 4.78 is 5.17. The van der Waals surface area contributed by atoms with E-state index < -0.39 is 0 Å². The van der Waals surface area contributed by atoms with Gasteiger partial charge in [-0.05, 0) is 43.6 Å². The van der Waals surface area contributed by atoms with Crippen molar-refractivity contribution in [3.8, 4) is 5.75 Å². The summed E-state index contributed by atoms with van der Waals surface area (Å²) >= 11 is 0. The Balaban J connectivity index is 2.03. The number of nitrogens with zero attached hydrogens (tertiary/aromatic N) is 1. The first-order valence-corrected chi connectivity index (χ1v) is 7.03. The molecule has 0 radical (unpaired) electrons. The zero-order chi connectivity index (χ0) is 14.5. The van der Waals surface area contributed by atoms with Crippen LogP contribution in [-0.2, 0) is 4.79 Å². The Morgan fingerprint density at radius 2 is 1.95 bits per heavy atom. The first-order chi connectivity index (χ1) is 9.65. The lowest BCUT2D eigenvalue weighted by atomic mass is 9.93. The van der Waals surface area contributed by atoms with Gasteiger partial charge in [-0.2, -0.15) is 0 Å². The van der Waals surface area contributed by atoms with Crippen LogP contribution in [0.25, 0.3) is 0 Å². The lowest BCUT2D eigenvalue weighted by molar-refractivity contribution is -0.123. The molecule has 1 aromatic carbocycles. The van der Waals surface area contributed by atoms with Crippen molar-refractivity contribution in [2.24, 2.45) is 17.4 Å². The number of carbonyl (C=O) groups excluding carboxylic acids is 1. The van der Waals surface area contributed by atoms with Crippen LogP contribution in [0.1, 0.15) is 24.4 Å². The summed E-state index contributed by atoms with van der Waals surface area (Å²) in [7, 11) is 1.66. The number of piperidine rings is 1. The van der Waals surface area contributed by atoms with E-state index in [0.29, 0.717) is 6.54 Å². The van der Waals surface area contributed by atoms with Gasteiger partial charge in [-0.25, -0.2) is 0 Å². The highest BCUT2D eigenvalue weighted by Crippen LogP contribution is 2.27. The lowest BCUT2D eigenvalue weighted by Gasteiger charge is -2.36. The molecular weight excluding hydrogens is 254 g/mol. The van der Waals surface area contributed by atoms with E-state index in [9.17, 15) is 4.79 Å². The maximum absolute atomic E-state index is 11.2. The molecule has 1 amide bonds. The number of hydrogen-bond acceptors (Lipinski definition) is 4. The molecule has 20 heavy (non-hydrogen) atoms. The number of rotatable bonds is 5. The average Bonchev–Trinajstić information content (AvgIpc) is 2.49. The van der Waals surface area contributed by atoms with Crippen molar-refractivity contribution < 1.29 is 9.53 Å². The Morgan fingerprint density at radius 3 is 2.40 bits per heavy atom. The fourth-order valence-electron chi connectivity index (χ4n) is 2.82. The van der Waals surface area contributed by atoms with E-state index in [0.717, 1.165) is 31.7 Å². The van der Waals surface area contributed by atoms with Crippen molar-refractivity contribution in [1.82, 2.24) is 4.90 Å². The fraction of sp³-hybridized carbons (Fsp3) is 0.533. The number of amides is 1. The Hall–Kier alpha value is -1.59. The summed E-state index contributed by atoms with van der Waals surface area (Å²) in [5.41, 5.74) is 12.5. The molecule has 1 fully saturated rings. The number of methoxy groups -OCH3 is 1. The molecule has 0 bridgehead atoms. The molecule has 1 aliphatic heterocycles. The molecule has 1 unspecified atom stereocenters. The van der Waals surface area contributed by atoms with Crippen LogP contribution < -0.4 is 16.2 Å².